The third kappa shape index (κ3) is 4.67. The molecule has 1 aliphatic heterocycles. The zero-order chi connectivity index (χ0) is 28.2. The van der Waals surface area contributed by atoms with Crippen LogP contribution in [0.5, 0.6) is 5.75 Å². The molecule has 3 heterocycles. The third-order valence-corrected chi connectivity index (χ3v) is 7.97. The van der Waals surface area contributed by atoms with Gasteiger partial charge < -0.3 is 20.9 Å². The highest BCUT2D eigenvalue weighted by atomic mass is 32.1. The first-order valence-corrected chi connectivity index (χ1v) is 12.8. The van der Waals surface area contributed by atoms with E-state index in [9.17, 15) is 27.5 Å². The molecule has 12 heteroatoms. The number of benzene rings is 2. The number of carbonyl (C=O) groups excluding carboxylic acids is 1. The zero-order valence-corrected chi connectivity index (χ0v) is 21.7. The maximum Gasteiger partial charge on any atom is 0.424 e. The van der Waals surface area contributed by atoms with Crippen LogP contribution >= 0.6 is 11.3 Å². The fraction of sp³-hybridized carbons (Fsp3) is 0.296. The summed E-state index contributed by atoms with van der Waals surface area (Å²) in [5, 5.41) is 13.6. The number of nitrogens with two attached hydrogens (primary N) is 1. The summed E-state index contributed by atoms with van der Waals surface area (Å²) in [4.78, 5) is 21.1. The highest BCUT2D eigenvalue weighted by molar-refractivity contribution is 7.22. The van der Waals surface area contributed by atoms with E-state index in [0.717, 1.165) is 23.5 Å². The number of fused-ring (bicyclic) bond motifs is 2. The van der Waals surface area contributed by atoms with Crippen LogP contribution in [0.3, 0.4) is 0 Å². The first-order chi connectivity index (χ1) is 18.3. The molecule has 4 N–H and O–H groups in total. The van der Waals surface area contributed by atoms with Crippen molar-refractivity contribution in [3.05, 3.63) is 71.2 Å². The van der Waals surface area contributed by atoms with Crippen LogP contribution in [0.25, 0.3) is 21.5 Å². The second kappa shape index (κ2) is 9.45. The number of ether oxygens (including phenoxy) is 1. The van der Waals surface area contributed by atoms with E-state index in [0.29, 0.717) is 27.8 Å². The molecule has 5 rings (SSSR count). The van der Waals surface area contributed by atoms with E-state index in [-0.39, 0.29) is 28.7 Å². The van der Waals surface area contributed by atoms with Gasteiger partial charge in [-0.2, -0.15) is 13.2 Å². The lowest BCUT2D eigenvalue weighted by atomic mass is 9.80. The summed E-state index contributed by atoms with van der Waals surface area (Å²) in [5.41, 5.74) is 2.23. The molecule has 1 aliphatic rings. The van der Waals surface area contributed by atoms with Crippen molar-refractivity contribution in [3.8, 4) is 17.0 Å². The predicted molar refractivity (Wildman–Crippen MR) is 139 cm³/mol. The Balaban J connectivity index is 1.56. The van der Waals surface area contributed by atoms with E-state index in [1.807, 2.05) is 13.8 Å². The SMILES string of the molecule is CC[C@]1(C)COc2c1cc([C@@](O)(CNC(=O)c1ccc3nc(N)sc3c1)C(F)(F)F)nc2-c1ccc(F)cc1. The van der Waals surface area contributed by atoms with E-state index >= 15 is 0 Å². The maximum absolute atomic E-state index is 14.5. The fourth-order valence-electron chi connectivity index (χ4n) is 4.47. The number of nitrogen functional groups attached to an aromatic ring is 1. The van der Waals surface area contributed by atoms with Gasteiger partial charge in [0, 0.05) is 22.1 Å². The average Bonchev–Trinajstić information content (AvgIpc) is 3.45. The highest BCUT2D eigenvalue weighted by Gasteiger charge is 2.57. The number of amides is 1. The quantitative estimate of drug-likeness (QED) is 0.276. The molecule has 0 unspecified atom stereocenters. The number of alkyl halides is 3. The molecule has 0 aliphatic carbocycles. The van der Waals surface area contributed by atoms with Crippen LogP contribution in [0, 0.1) is 5.82 Å². The number of hydrogen-bond donors (Lipinski definition) is 3. The summed E-state index contributed by atoms with van der Waals surface area (Å²) in [5.74, 6) is -1.08. The van der Waals surface area contributed by atoms with Crippen molar-refractivity contribution < 1.29 is 32.2 Å². The predicted octanol–water partition coefficient (Wildman–Crippen LogP) is 5.32. The molecular formula is C27H24F4N4O3S. The Morgan fingerprint density at radius 1 is 1.18 bits per heavy atom. The number of carbonyl (C=O) groups is 1. The molecule has 2 aromatic heterocycles. The van der Waals surface area contributed by atoms with Crippen LogP contribution in [0.1, 0.15) is 41.9 Å². The van der Waals surface area contributed by atoms with E-state index < -0.39 is 41.2 Å². The van der Waals surface area contributed by atoms with Gasteiger partial charge in [-0.15, -0.1) is 0 Å². The van der Waals surface area contributed by atoms with E-state index in [1.54, 1.807) is 0 Å². The molecule has 2 atom stereocenters. The maximum atomic E-state index is 14.5. The van der Waals surface area contributed by atoms with Gasteiger partial charge in [-0.25, -0.2) is 14.4 Å². The minimum absolute atomic E-state index is 0.0434. The summed E-state index contributed by atoms with van der Waals surface area (Å²) in [7, 11) is 0. The lowest BCUT2D eigenvalue weighted by molar-refractivity contribution is -0.265. The molecule has 0 bridgehead atoms. The Bertz CT molecular complexity index is 1570. The van der Waals surface area contributed by atoms with Crippen LogP contribution in [0.15, 0.2) is 48.5 Å². The smallest absolute Gasteiger partial charge is 0.424 e. The number of anilines is 1. The average molecular weight is 561 g/mol. The molecule has 0 spiro atoms. The fourth-order valence-corrected chi connectivity index (χ4v) is 5.25. The Morgan fingerprint density at radius 3 is 2.56 bits per heavy atom. The number of aromatic nitrogens is 2. The number of nitrogens with zero attached hydrogens (tertiary/aromatic N) is 2. The van der Waals surface area contributed by atoms with Gasteiger partial charge in [-0.1, -0.05) is 25.2 Å². The normalized spacial score (nSPS) is 18.4. The van der Waals surface area contributed by atoms with Gasteiger partial charge in [-0.3, -0.25) is 4.79 Å². The number of hydrogen-bond acceptors (Lipinski definition) is 7. The Morgan fingerprint density at radius 2 is 1.90 bits per heavy atom. The third-order valence-electron chi connectivity index (χ3n) is 7.12. The molecule has 204 valence electrons. The summed E-state index contributed by atoms with van der Waals surface area (Å²) in [6, 6.07) is 10.7. The Hall–Kier alpha value is -3.77. The summed E-state index contributed by atoms with van der Waals surface area (Å²) >= 11 is 1.13. The number of pyridine rings is 1. The lowest BCUT2D eigenvalue weighted by Gasteiger charge is -2.31. The van der Waals surface area contributed by atoms with Gasteiger partial charge in [0.15, 0.2) is 5.13 Å². The molecule has 0 radical (unpaired) electrons. The number of aliphatic hydroxyl groups is 1. The first kappa shape index (κ1) is 26.8. The largest absolute Gasteiger partial charge is 0.490 e. The summed E-state index contributed by atoms with van der Waals surface area (Å²) in [6.45, 7) is 2.72. The summed E-state index contributed by atoms with van der Waals surface area (Å²) < 4.78 is 63.6. The molecule has 1 amide bonds. The van der Waals surface area contributed by atoms with E-state index in [4.69, 9.17) is 10.5 Å². The number of nitrogens with one attached hydrogen (secondary N) is 1. The van der Waals surface area contributed by atoms with Gasteiger partial charge in [-0.05, 0) is 55.0 Å². The highest BCUT2D eigenvalue weighted by Crippen LogP contribution is 2.48. The number of halogens is 4. The van der Waals surface area contributed by atoms with Crippen molar-refractivity contribution in [1.29, 1.82) is 0 Å². The topological polar surface area (TPSA) is 110 Å². The van der Waals surface area contributed by atoms with E-state index in [2.05, 4.69) is 15.3 Å². The van der Waals surface area contributed by atoms with Crippen molar-refractivity contribution >= 4 is 32.6 Å². The van der Waals surface area contributed by atoms with Crippen molar-refractivity contribution in [3.63, 3.8) is 0 Å². The van der Waals surface area contributed by atoms with Crippen LogP contribution in [-0.2, 0) is 11.0 Å². The standard InChI is InChI=1S/C27H24F4N4O3S/c1-3-25(2)13-38-22-17(25)11-20(35-21(22)14-4-7-16(28)8-5-14)26(37,27(29,30)31)12-33-23(36)15-6-9-18-19(10-15)39-24(32)34-18/h4-11,37H,3,12-13H2,1-2H3,(H2,32,34)(H,33,36)/t25-,26+/m1/s1. The van der Waals surface area contributed by atoms with Crippen LogP contribution in [0.4, 0.5) is 22.7 Å². The van der Waals surface area contributed by atoms with Crippen molar-refractivity contribution in [2.75, 3.05) is 18.9 Å². The molecule has 0 saturated heterocycles. The minimum Gasteiger partial charge on any atom is -0.490 e. The lowest BCUT2D eigenvalue weighted by Crippen LogP contribution is -2.51. The van der Waals surface area contributed by atoms with E-state index in [1.165, 1.54) is 36.4 Å². The van der Waals surface area contributed by atoms with Crippen LogP contribution < -0.4 is 15.8 Å². The van der Waals surface area contributed by atoms with Crippen LogP contribution in [0.2, 0.25) is 0 Å². The van der Waals surface area contributed by atoms with Gasteiger partial charge in [0.1, 0.15) is 17.3 Å². The van der Waals surface area contributed by atoms with Gasteiger partial charge in [0.2, 0.25) is 5.60 Å². The molecule has 7 nitrogen and oxygen atoms in total. The molecule has 0 fully saturated rings. The second-order valence-electron chi connectivity index (χ2n) is 9.72. The summed E-state index contributed by atoms with van der Waals surface area (Å²) in [6.07, 6.45) is -4.67. The van der Waals surface area contributed by atoms with Gasteiger partial charge >= 0.3 is 6.18 Å². The molecule has 0 saturated carbocycles. The molecular weight excluding hydrogens is 536 g/mol. The van der Waals surface area contributed by atoms with Gasteiger partial charge in [0.25, 0.3) is 5.91 Å². The van der Waals surface area contributed by atoms with Crippen molar-refractivity contribution in [1.82, 2.24) is 15.3 Å². The molecule has 39 heavy (non-hydrogen) atoms. The van der Waals surface area contributed by atoms with Crippen LogP contribution in [-0.4, -0.2) is 40.3 Å². The Kier molecular flexibility index (Phi) is 6.50. The van der Waals surface area contributed by atoms with Crippen molar-refractivity contribution in [2.24, 2.45) is 0 Å². The van der Waals surface area contributed by atoms with Crippen molar-refractivity contribution in [2.45, 2.75) is 37.5 Å². The molecule has 4 aromatic rings. The second-order valence-corrected chi connectivity index (χ2v) is 10.8. The van der Waals surface area contributed by atoms with Gasteiger partial charge in [0.05, 0.1) is 29.1 Å². The minimum atomic E-state index is -5.21. The number of rotatable bonds is 6. The zero-order valence-electron chi connectivity index (χ0n) is 20.9. The first-order valence-electron chi connectivity index (χ1n) is 12.0. The Labute approximate surface area is 224 Å². The molecule has 2 aromatic carbocycles. The number of thiazole rings is 1. The monoisotopic (exact) mass is 560 g/mol.